The number of hydrogen-bond acceptors (Lipinski definition) is 5. The maximum absolute atomic E-state index is 10.6. The molecule has 2 saturated carbocycles. The number of β-amino-alcohol motifs (C(OH)–C–C–N with tert-alkyl or cyclic N) is 1. The highest BCUT2D eigenvalue weighted by Crippen LogP contribution is 2.50. The zero-order chi connectivity index (χ0) is 30.5. The molecular formula is C27H36F6N2O5. The third-order valence-corrected chi connectivity index (χ3v) is 6.85. The van der Waals surface area contributed by atoms with Crippen LogP contribution in [0.1, 0.15) is 52.0 Å². The fourth-order valence-electron chi connectivity index (χ4n) is 5.25. The Bertz CT molecular complexity index is 999. The van der Waals surface area contributed by atoms with E-state index in [0.717, 1.165) is 18.9 Å². The molecule has 1 saturated heterocycles. The average molecular weight is 583 g/mol. The third kappa shape index (κ3) is 10.7. The number of carboxylic acids is 2. The van der Waals surface area contributed by atoms with Crippen LogP contribution >= 0.6 is 0 Å². The Morgan fingerprint density at radius 1 is 1.00 bits per heavy atom. The summed E-state index contributed by atoms with van der Waals surface area (Å²) in [5.41, 5.74) is 2.92. The van der Waals surface area contributed by atoms with Gasteiger partial charge in [0.15, 0.2) is 0 Å². The van der Waals surface area contributed by atoms with Crippen molar-refractivity contribution in [2.24, 2.45) is 11.3 Å². The first-order valence-electron chi connectivity index (χ1n) is 12.8. The van der Waals surface area contributed by atoms with Gasteiger partial charge in [0.1, 0.15) is 0 Å². The first kappa shape index (κ1) is 33.6. The third-order valence-electron chi connectivity index (χ3n) is 6.85. The normalized spacial score (nSPS) is 22.6. The standard InChI is InChI=1S/C23H34N2O.2C2HF3O2/c1-4-18(10-17-8-6-5-7-9-17)20-11-21(20)24-19-12-23(13-19)15-25(16-23)14-22(2,3)26;2*3-2(4,5)1(6)7/h5-10,19-21,24,26H,4,11-16H2,1-3H3;2*(H,6,7)/b18-10+;;/t20-,21+;;/m0../s1. The molecule has 3 fully saturated rings. The second-order valence-corrected chi connectivity index (χ2v) is 11.3. The molecule has 13 heteroatoms. The molecule has 226 valence electrons. The lowest BCUT2D eigenvalue weighted by atomic mass is 9.60. The molecule has 2 atom stereocenters. The van der Waals surface area contributed by atoms with Crippen molar-refractivity contribution >= 4 is 18.0 Å². The van der Waals surface area contributed by atoms with E-state index in [2.05, 4.69) is 53.5 Å². The number of carbonyl (C=O) groups is 2. The topological polar surface area (TPSA) is 110 Å². The second kappa shape index (κ2) is 12.9. The molecule has 0 amide bonds. The second-order valence-electron chi connectivity index (χ2n) is 11.3. The summed E-state index contributed by atoms with van der Waals surface area (Å²) in [5.74, 6) is -4.77. The Labute approximate surface area is 228 Å². The number of aliphatic hydroxyl groups is 1. The molecule has 7 nitrogen and oxygen atoms in total. The minimum absolute atomic E-state index is 0.556. The summed E-state index contributed by atoms with van der Waals surface area (Å²) in [6.07, 6.45) is -2.67. The molecule has 2 aliphatic carbocycles. The maximum Gasteiger partial charge on any atom is 0.490 e. The molecule has 0 unspecified atom stereocenters. The van der Waals surface area contributed by atoms with Gasteiger partial charge in [-0.05, 0) is 56.4 Å². The van der Waals surface area contributed by atoms with Crippen LogP contribution in [0, 0.1) is 11.3 Å². The minimum Gasteiger partial charge on any atom is -0.475 e. The predicted molar refractivity (Wildman–Crippen MR) is 135 cm³/mol. The zero-order valence-corrected chi connectivity index (χ0v) is 22.5. The van der Waals surface area contributed by atoms with Crippen LogP contribution in [0.5, 0.6) is 0 Å². The van der Waals surface area contributed by atoms with Crippen LogP contribution in [0.3, 0.4) is 0 Å². The van der Waals surface area contributed by atoms with E-state index in [4.69, 9.17) is 19.8 Å². The Hall–Kier alpha value is -2.64. The lowest BCUT2D eigenvalue weighted by Gasteiger charge is -2.60. The van der Waals surface area contributed by atoms with Crippen LogP contribution < -0.4 is 5.32 Å². The first-order valence-corrected chi connectivity index (χ1v) is 12.8. The van der Waals surface area contributed by atoms with Crippen molar-refractivity contribution in [1.82, 2.24) is 10.2 Å². The number of nitrogens with zero attached hydrogens (tertiary/aromatic N) is 1. The molecule has 1 aromatic carbocycles. The summed E-state index contributed by atoms with van der Waals surface area (Å²) in [5, 5.41) is 28.1. The van der Waals surface area contributed by atoms with E-state index in [-0.39, 0.29) is 0 Å². The average Bonchev–Trinajstić information content (AvgIpc) is 3.53. The number of benzene rings is 1. The number of alkyl halides is 6. The van der Waals surface area contributed by atoms with Crippen LogP contribution in [-0.2, 0) is 9.59 Å². The number of hydrogen-bond donors (Lipinski definition) is 4. The van der Waals surface area contributed by atoms with Crippen LogP contribution in [-0.4, -0.2) is 81.8 Å². The summed E-state index contributed by atoms with van der Waals surface area (Å²) >= 11 is 0. The summed E-state index contributed by atoms with van der Waals surface area (Å²) in [6.45, 7) is 9.26. The number of carboxylic acid groups (broad SMARTS) is 2. The first-order chi connectivity index (χ1) is 18.2. The fourth-order valence-corrected chi connectivity index (χ4v) is 5.25. The number of likely N-dealkylation sites (tertiary alicyclic amines) is 1. The fraction of sp³-hybridized carbons (Fsp3) is 0.630. The Balaban J connectivity index is 0.000000333. The van der Waals surface area contributed by atoms with Crippen molar-refractivity contribution < 1.29 is 51.3 Å². The monoisotopic (exact) mass is 582 g/mol. The van der Waals surface area contributed by atoms with Gasteiger partial charge in [0.2, 0.25) is 0 Å². The lowest BCUT2D eigenvalue weighted by Crippen LogP contribution is -2.67. The van der Waals surface area contributed by atoms with E-state index in [1.165, 1.54) is 37.9 Å². The van der Waals surface area contributed by atoms with Crippen molar-refractivity contribution in [1.29, 1.82) is 0 Å². The van der Waals surface area contributed by atoms with Crippen LogP contribution in [0.25, 0.3) is 6.08 Å². The molecule has 4 rings (SSSR count). The van der Waals surface area contributed by atoms with Gasteiger partial charge in [-0.2, -0.15) is 26.3 Å². The molecule has 0 bridgehead atoms. The van der Waals surface area contributed by atoms with E-state index in [0.29, 0.717) is 17.5 Å². The van der Waals surface area contributed by atoms with Gasteiger partial charge in [0.05, 0.1) is 5.60 Å². The van der Waals surface area contributed by atoms with Gasteiger partial charge in [-0.15, -0.1) is 0 Å². The zero-order valence-electron chi connectivity index (χ0n) is 22.5. The lowest BCUT2D eigenvalue weighted by molar-refractivity contribution is -0.193. The van der Waals surface area contributed by atoms with Gasteiger partial charge in [-0.1, -0.05) is 48.9 Å². The van der Waals surface area contributed by atoms with Crippen molar-refractivity contribution in [3.05, 3.63) is 41.5 Å². The van der Waals surface area contributed by atoms with Gasteiger partial charge >= 0.3 is 24.3 Å². The van der Waals surface area contributed by atoms with E-state index in [1.54, 1.807) is 5.57 Å². The molecule has 0 aromatic heterocycles. The quantitative estimate of drug-likeness (QED) is 0.337. The van der Waals surface area contributed by atoms with Crippen LogP contribution in [0.2, 0.25) is 0 Å². The van der Waals surface area contributed by atoms with Crippen LogP contribution in [0.15, 0.2) is 35.9 Å². The molecule has 1 aliphatic heterocycles. The molecule has 0 radical (unpaired) electrons. The van der Waals surface area contributed by atoms with E-state index < -0.39 is 29.9 Å². The summed E-state index contributed by atoms with van der Waals surface area (Å²) in [4.78, 5) is 20.2. The number of rotatable bonds is 7. The molecule has 4 N–H and O–H groups in total. The van der Waals surface area contributed by atoms with Crippen molar-refractivity contribution in [2.45, 2.75) is 76.5 Å². The highest BCUT2D eigenvalue weighted by atomic mass is 19.4. The van der Waals surface area contributed by atoms with Crippen molar-refractivity contribution in [2.75, 3.05) is 19.6 Å². The minimum atomic E-state index is -5.08. The number of aliphatic carboxylic acids is 2. The Morgan fingerprint density at radius 2 is 1.48 bits per heavy atom. The van der Waals surface area contributed by atoms with E-state index >= 15 is 0 Å². The SMILES string of the molecule is CC/C(=C\c1ccccc1)[C@@H]1C[C@H]1NC1CC2(C1)CN(CC(C)(C)O)C2.O=C(O)C(F)(F)F.O=C(O)C(F)(F)F. The predicted octanol–water partition coefficient (Wildman–Crippen LogP) is 4.96. The van der Waals surface area contributed by atoms with Gasteiger partial charge in [-0.25, -0.2) is 9.59 Å². The molecule has 3 aliphatic rings. The van der Waals surface area contributed by atoms with Crippen LogP contribution in [0.4, 0.5) is 26.3 Å². The molecule has 1 aromatic rings. The number of halogens is 6. The van der Waals surface area contributed by atoms with Crippen molar-refractivity contribution in [3.8, 4) is 0 Å². The Morgan fingerprint density at radius 3 is 1.88 bits per heavy atom. The highest BCUT2D eigenvalue weighted by Gasteiger charge is 2.54. The largest absolute Gasteiger partial charge is 0.490 e. The molecule has 1 spiro atoms. The van der Waals surface area contributed by atoms with E-state index in [9.17, 15) is 31.4 Å². The smallest absolute Gasteiger partial charge is 0.475 e. The highest BCUT2D eigenvalue weighted by molar-refractivity contribution is 5.73. The Kier molecular flexibility index (Phi) is 10.8. The van der Waals surface area contributed by atoms with Crippen molar-refractivity contribution in [3.63, 3.8) is 0 Å². The summed E-state index contributed by atoms with van der Waals surface area (Å²) in [7, 11) is 0. The summed E-state index contributed by atoms with van der Waals surface area (Å²) < 4.78 is 63.5. The van der Waals surface area contributed by atoms with Gasteiger partial charge in [-0.3, -0.25) is 4.90 Å². The molecule has 1 heterocycles. The molecular weight excluding hydrogens is 546 g/mol. The summed E-state index contributed by atoms with van der Waals surface area (Å²) in [6, 6.07) is 12.1. The van der Waals surface area contributed by atoms with Gasteiger partial charge in [0.25, 0.3) is 0 Å². The van der Waals surface area contributed by atoms with E-state index in [1.807, 2.05) is 13.8 Å². The van der Waals surface area contributed by atoms with Gasteiger partial charge < -0.3 is 20.6 Å². The number of nitrogens with one attached hydrogen (secondary N) is 1. The molecule has 40 heavy (non-hydrogen) atoms. The van der Waals surface area contributed by atoms with Gasteiger partial charge in [0, 0.05) is 31.7 Å². The maximum atomic E-state index is 10.6.